The van der Waals surface area contributed by atoms with Crippen LogP contribution in [0.15, 0.2) is 48.5 Å². The fourth-order valence-electron chi connectivity index (χ4n) is 6.08. The standard InChI is InChI=1S/C28H32N2O6/c1-27(2,3)36-26(34)30-14-17-12-18(13-28(17,16-30)24(31)32)29-25(33)35-15-23-21-10-6-4-8-19(21)20-9-5-7-11-22(20)23/h4-11,17-18,23H,12-16H2,1-3H3,(H,29,33)(H,31,32)/t17-,18+,28-/m1/s1. The predicted octanol–water partition coefficient (Wildman–Crippen LogP) is 4.63. The molecule has 2 aliphatic carbocycles. The minimum atomic E-state index is -1.10. The second-order valence-corrected chi connectivity index (χ2v) is 11.1. The normalized spacial score (nSPS) is 24.6. The molecule has 5 rings (SSSR count). The van der Waals surface area contributed by atoms with E-state index in [0.717, 1.165) is 22.3 Å². The van der Waals surface area contributed by atoms with Gasteiger partial charge in [-0.1, -0.05) is 48.5 Å². The summed E-state index contributed by atoms with van der Waals surface area (Å²) < 4.78 is 11.1. The summed E-state index contributed by atoms with van der Waals surface area (Å²) in [4.78, 5) is 39.0. The number of carbonyl (C=O) groups excluding carboxylic acids is 2. The van der Waals surface area contributed by atoms with E-state index in [9.17, 15) is 19.5 Å². The van der Waals surface area contributed by atoms with E-state index in [1.54, 1.807) is 20.8 Å². The molecule has 2 aromatic rings. The highest BCUT2D eigenvalue weighted by Gasteiger charge is 2.59. The first-order chi connectivity index (χ1) is 17.1. The molecular weight excluding hydrogens is 460 g/mol. The summed E-state index contributed by atoms with van der Waals surface area (Å²) >= 11 is 0. The van der Waals surface area contributed by atoms with Gasteiger partial charge >= 0.3 is 18.2 Å². The third kappa shape index (κ3) is 4.29. The van der Waals surface area contributed by atoms with E-state index in [2.05, 4.69) is 29.6 Å². The highest BCUT2D eigenvalue weighted by molar-refractivity contribution is 5.80. The summed E-state index contributed by atoms with van der Waals surface area (Å²) in [7, 11) is 0. The monoisotopic (exact) mass is 492 g/mol. The van der Waals surface area contributed by atoms with Gasteiger partial charge in [-0.05, 0) is 61.8 Å². The van der Waals surface area contributed by atoms with Crippen LogP contribution in [0.5, 0.6) is 0 Å². The van der Waals surface area contributed by atoms with Crippen LogP contribution in [0.2, 0.25) is 0 Å². The first-order valence-corrected chi connectivity index (χ1v) is 12.4. The van der Waals surface area contributed by atoms with Crippen LogP contribution < -0.4 is 5.32 Å². The number of nitrogens with zero attached hydrogens (tertiary/aromatic N) is 1. The summed E-state index contributed by atoms with van der Waals surface area (Å²) in [5, 5.41) is 13.0. The lowest BCUT2D eigenvalue weighted by molar-refractivity contribution is -0.149. The number of carboxylic acid groups (broad SMARTS) is 1. The van der Waals surface area contributed by atoms with Crippen molar-refractivity contribution in [2.24, 2.45) is 11.3 Å². The minimum Gasteiger partial charge on any atom is -0.481 e. The Morgan fingerprint density at radius 1 is 1.06 bits per heavy atom. The number of aliphatic carboxylic acids is 1. The number of hydrogen-bond donors (Lipinski definition) is 2. The second-order valence-electron chi connectivity index (χ2n) is 11.1. The summed E-state index contributed by atoms with van der Waals surface area (Å²) in [5.74, 6) is -1.25. The van der Waals surface area contributed by atoms with Crippen molar-refractivity contribution in [3.8, 4) is 11.1 Å². The fourth-order valence-corrected chi connectivity index (χ4v) is 6.08. The van der Waals surface area contributed by atoms with E-state index in [-0.39, 0.29) is 37.5 Å². The molecule has 0 bridgehead atoms. The smallest absolute Gasteiger partial charge is 0.410 e. The molecule has 8 nitrogen and oxygen atoms in total. The number of ether oxygens (including phenoxy) is 2. The molecule has 2 amide bonds. The number of rotatable bonds is 4. The molecule has 36 heavy (non-hydrogen) atoms. The lowest BCUT2D eigenvalue weighted by atomic mass is 9.81. The second kappa shape index (κ2) is 8.84. The zero-order valence-corrected chi connectivity index (χ0v) is 20.8. The van der Waals surface area contributed by atoms with Crippen molar-refractivity contribution < 1.29 is 29.0 Å². The number of nitrogens with one attached hydrogen (secondary N) is 1. The summed E-state index contributed by atoms with van der Waals surface area (Å²) in [6.45, 7) is 5.91. The molecule has 2 N–H and O–H groups in total. The Balaban J connectivity index is 1.21. The molecule has 190 valence electrons. The lowest BCUT2D eigenvalue weighted by Gasteiger charge is -2.27. The first-order valence-electron chi connectivity index (χ1n) is 12.4. The maximum atomic E-state index is 12.7. The van der Waals surface area contributed by atoms with Gasteiger partial charge < -0.3 is 24.8 Å². The van der Waals surface area contributed by atoms with Gasteiger partial charge in [-0.3, -0.25) is 4.79 Å². The third-order valence-corrected chi connectivity index (χ3v) is 7.62. The number of carboxylic acids is 1. The molecule has 1 saturated carbocycles. The average Bonchev–Trinajstić information content (AvgIpc) is 3.44. The van der Waals surface area contributed by atoms with Gasteiger partial charge in [-0.15, -0.1) is 0 Å². The van der Waals surface area contributed by atoms with Crippen molar-refractivity contribution in [2.75, 3.05) is 19.7 Å². The van der Waals surface area contributed by atoms with Gasteiger partial charge in [-0.2, -0.15) is 0 Å². The molecule has 3 aliphatic rings. The molecular formula is C28H32N2O6. The Labute approximate surface area is 210 Å². The molecule has 2 aromatic carbocycles. The van der Waals surface area contributed by atoms with Crippen LogP contribution in [0.4, 0.5) is 9.59 Å². The molecule has 1 heterocycles. The maximum absolute atomic E-state index is 12.7. The average molecular weight is 493 g/mol. The van der Waals surface area contributed by atoms with Crippen LogP contribution in [-0.4, -0.2) is 59.5 Å². The Hall–Kier alpha value is -3.55. The number of alkyl carbamates (subject to hydrolysis) is 1. The van der Waals surface area contributed by atoms with E-state index >= 15 is 0 Å². The van der Waals surface area contributed by atoms with E-state index in [4.69, 9.17) is 9.47 Å². The maximum Gasteiger partial charge on any atom is 0.410 e. The highest BCUT2D eigenvalue weighted by atomic mass is 16.6. The molecule has 3 atom stereocenters. The largest absolute Gasteiger partial charge is 0.481 e. The molecule has 0 unspecified atom stereocenters. The van der Waals surface area contributed by atoms with E-state index < -0.39 is 29.2 Å². The number of amides is 2. The Kier molecular flexibility index (Phi) is 5.93. The van der Waals surface area contributed by atoms with Crippen molar-refractivity contribution in [1.29, 1.82) is 0 Å². The molecule has 8 heteroatoms. The van der Waals surface area contributed by atoms with Crippen LogP contribution in [0.25, 0.3) is 11.1 Å². The molecule has 1 saturated heterocycles. The van der Waals surface area contributed by atoms with Crippen LogP contribution in [0.1, 0.15) is 50.7 Å². The predicted molar refractivity (Wildman–Crippen MR) is 133 cm³/mol. The minimum absolute atomic E-state index is 0.0427. The fraction of sp³-hybridized carbons (Fsp3) is 0.464. The number of carbonyl (C=O) groups is 3. The van der Waals surface area contributed by atoms with Crippen molar-refractivity contribution in [3.63, 3.8) is 0 Å². The summed E-state index contributed by atoms with van der Waals surface area (Å²) in [5.41, 5.74) is 2.83. The van der Waals surface area contributed by atoms with Gasteiger partial charge in [0.05, 0.1) is 5.41 Å². The van der Waals surface area contributed by atoms with E-state index in [1.165, 1.54) is 4.90 Å². The van der Waals surface area contributed by atoms with Gasteiger partial charge in [0.25, 0.3) is 0 Å². The van der Waals surface area contributed by atoms with Crippen LogP contribution in [0, 0.1) is 11.3 Å². The van der Waals surface area contributed by atoms with Crippen LogP contribution >= 0.6 is 0 Å². The van der Waals surface area contributed by atoms with Gasteiger partial charge in [-0.25, -0.2) is 9.59 Å². The first kappa shape index (κ1) is 24.2. The topological polar surface area (TPSA) is 105 Å². The van der Waals surface area contributed by atoms with Crippen molar-refractivity contribution in [2.45, 2.75) is 51.2 Å². The SMILES string of the molecule is CC(C)(C)OC(=O)N1C[C@H]2C[C@H](NC(=O)OCC3c4ccccc4-c4ccccc43)C[C@@]2(C(=O)O)C1. The van der Waals surface area contributed by atoms with Gasteiger partial charge in [0.15, 0.2) is 0 Å². The molecule has 1 aliphatic heterocycles. The number of benzene rings is 2. The van der Waals surface area contributed by atoms with E-state index in [1.807, 2.05) is 24.3 Å². The molecule has 0 aromatic heterocycles. The van der Waals surface area contributed by atoms with Gasteiger partial charge in [0, 0.05) is 25.0 Å². The van der Waals surface area contributed by atoms with Gasteiger partial charge in [0.2, 0.25) is 0 Å². The number of fused-ring (bicyclic) bond motifs is 4. The molecule has 2 fully saturated rings. The van der Waals surface area contributed by atoms with Crippen LogP contribution in [-0.2, 0) is 14.3 Å². The van der Waals surface area contributed by atoms with Crippen LogP contribution in [0.3, 0.4) is 0 Å². The van der Waals surface area contributed by atoms with Crippen molar-refractivity contribution in [1.82, 2.24) is 10.2 Å². The summed E-state index contributed by atoms with van der Waals surface area (Å²) in [6.07, 6.45) is -0.336. The number of hydrogen-bond acceptors (Lipinski definition) is 5. The zero-order valence-electron chi connectivity index (χ0n) is 20.8. The van der Waals surface area contributed by atoms with Gasteiger partial charge in [0.1, 0.15) is 12.2 Å². The lowest BCUT2D eigenvalue weighted by Crippen LogP contribution is -2.42. The zero-order chi connectivity index (χ0) is 25.7. The van der Waals surface area contributed by atoms with Crippen molar-refractivity contribution in [3.05, 3.63) is 59.7 Å². The van der Waals surface area contributed by atoms with E-state index in [0.29, 0.717) is 13.0 Å². The molecule has 0 radical (unpaired) electrons. The Bertz CT molecular complexity index is 1160. The highest BCUT2D eigenvalue weighted by Crippen LogP contribution is 2.49. The Morgan fingerprint density at radius 3 is 2.22 bits per heavy atom. The number of likely N-dealkylation sites (tertiary alicyclic amines) is 1. The Morgan fingerprint density at radius 2 is 1.67 bits per heavy atom. The quantitative estimate of drug-likeness (QED) is 0.645. The summed E-state index contributed by atoms with van der Waals surface area (Å²) in [6, 6.07) is 15.9. The third-order valence-electron chi connectivity index (χ3n) is 7.62. The van der Waals surface area contributed by atoms with Crippen molar-refractivity contribution >= 4 is 18.2 Å². The molecule has 0 spiro atoms.